The Bertz CT molecular complexity index is 1500. The number of nitrogens with two attached hydrogens (primary N) is 1. The fourth-order valence-corrected chi connectivity index (χ4v) is 3.60. The largest absolute Gasteiger partial charge is 0.437 e. The molecular weight excluding hydrogens is 461 g/mol. The van der Waals surface area contributed by atoms with Crippen molar-refractivity contribution in [2.45, 2.75) is 19.6 Å². The van der Waals surface area contributed by atoms with Gasteiger partial charge in [-0.3, -0.25) is 19.3 Å². The molecule has 4 aromatic rings. The second kappa shape index (κ2) is 8.90. The number of hydrogen-bond acceptors (Lipinski definition) is 5. The third-order valence-corrected chi connectivity index (χ3v) is 5.38. The number of rotatable bonds is 5. The van der Waals surface area contributed by atoms with E-state index in [4.69, 9.17) is 11.0 Å². The first kappa shape index (κ1) is 23.4. The van der Waals surface area contributed by atoms with Crippen LogP contribution in [0, 0.1) is 18.3 Å². The van der Waals surface area contributed by atoms with E-state index in [0.29, 0.717) is 22.0 Å². The molecule has 0 fully saturated rings. The first-order valence-electron chi connectivity index (χ1n) is 10.2. The maximum absolute atomic E-state index is 13.8. The number of carbonyl (C=O) groups excluding carboxylic acids is 2. The van der Waals surface area contributed by atoms with Crippen LogP contribution in [0.3, 0.4) is 0 Å². The predicted octanol–water partition coefficient (Wildman–Crippen LogP) is 4.03. The van der Waals surface area contributed by atoms with Crippen LogP contribution in [-0.4, -0.2) is 26.6 Å². The highest BCUT2D eigenvalue weighted by Crippen LogP contribution is 2.36. The van der Waals surface area contributed by atoms with Crippen molar-refractivity contribution < 1.29 is 22.8 Å². The van der Waals surface area contributed by atoms with Gasteiger partial charge in [0.05, 0.1) is 35.1 Å². The Labute approximate surface area is 196 Å². The number of nitrogens with one attached hydrogen (secondary N) is 1. The second-order valence-corrected chi connectivity index (χ2v) is 7.69. The number of halogens is 3. The monoisotopic (exact) mass is 478 g/mol. The van der Waals surface area contributed by atoms with Crippen molar-refractivity contribution in [3.63, 3.8) is 0 Å². The van der Waals surface area contributed by atoms with Crippen LogP contribution in [0.5, 0.6) is 0 Å². The Balaban J connectivity index is 1.75. The Kier molecular flexibility index (Phi) is 5.96. The van der Waals surface area contributed by atoms with Crippen molar-refractivity contribution in [2.75, 3.05) is 5.32 Å². The minimum atomic E-state index is -4.85. The van der Waals surface area contributed by atoms with Crippen LogP contribution in [0.2, 0.25) is 0 Å². The molecular formula is C24H17F3N6O2. The van der Waals surface area contributed by atoms with E-state index in [9.17, 15) is 22.8 Å². The Morgan fingerprint density at radius 1 is 1.17 bits per heavy atom. The molecule has 0 saturated carbocycles. The van der Waals surface area contributed by atoms with E-state index in [1.165, 1.54) is 25.3 Å². The van der Waals surface area contributed by atoms with Gasteiger partial charge in [-0.15, -0.1) is 0 Å². The van der Waals surface area contributed by atoms with Gasteiger partial charge in [0, 0.05) is 22.7 Å². The Morgan fingerprint density at radius 2 is 1.89 bits per heavy atom. The van der Waals surface area contributed by atoms with E-state index in [-0.39, 0.29) is 23.4 Å². The average Bonchev–Trinajstić information content (AvgIpc) is 3.14. The van der Waals surface area contributed by atoms with Crippen LogP contribution in [0.1, 0.15) is 43.2 Å². The highest BCUT2D eigenvalue weighted by atomic mass is 19.4. The van der Waals surface area contributed by atoms with Gasteiger partial charge in [-0.05, 0) is 42.8 Å². The van der Waals surface area contributed by atoms with Crippen molar-refractivity contribution in [1.29, 1.82) is 5.26 Å². The Hall–Kier alpha value is -4.72. The summed E-state index contributed by atoms with van der Waals surface area (Å²) in [6, 6.07) is 14.0. The van der Waals surface area contributed by atoms with Crippen molar-refractivity contribution in [2.24, 2.45) is 5.73 Å². The molecule has 0 atom stereocenters. The molecule has 2 aromatic heterocycles. The fraction of sp³-hybridized carbons (Fsp3) is 0.125. The molecule has 0 aliphatic carbocycles. The zero-order valence-corrected chi connectivity index (χ0v) is 18.2. The number of benzene rings is 2. The van der Waals surface area contributed by atoms with E-state index in [2.05, 4.69) is 15.4 Å². The molecule has 176 valence electrons. The van der Waals surface area contributed by atoms with Gasteiger partial charge in [-0.1, -0.05) is 18.2 Å². The van der Waals surface area contributed by atoms with Crippen LogP contribution >= 0.6 is 0 Å². The average molecular weight is 478 g/mol. The molecule has 11 heteroatoms. The summed E-state index contributed by atoms with van der Waals surface area (Å²) in [6.45, 7) is 1.39. The molecule has 8 nitrogen and oxygen atoms in total. The molecule has 4 rings (SSSR count). The summed E-state index contributed by atoms with van der Waals surface area (Å²) in [5.41, 5.74) is 4.91. The molecule has 0 radical (unpaired) electrons. The van der Waals surface area contributed by atoms with E-state index in [1.54, 1.807) is 36.4 Å². The number of alkyl halides is 3. The summed E-state index contributed by atoms with van der Waals surface area (Å²) in [6.07, 6.45) is -3.39. The van der Waals surface area contributed by atoms with Crippen LogP contribution in [-0.2, 0) is 12.7 Å². The SMILES string of the molecule is Cc1c(NC(=O)c2cc(C(N)=O)cc3ncccc23)c(C(F)(F)F)nn1Cc1ccc(C#N)cc1. The van der Waals surface area contributed by atoms with Crippen molar-refractivity contribution in [3.8, 4) is 6.07 Å². The number of pyridine rings is 1. The van der Waals surface area contributed by atoms with Crippen molar-refractivity contribution >= 4 is 28.4 Å². The van der Waals surface area contributed by atoms with Crippen LogP contribution in [0.4, 0.5) is 18.9 Å². The van der Waals surface area contributed by atoms with Crippen LogP contribution < -0.4 is 11.1 Å². The number of carbonyl (C=O) groups is 2. The summed E-state index contributed by atoms with van der Waals surface area (Å²) in [7, 11) is 0. The lowest BCUT2D eigenvalue weighted by molar-refractivity contribution is -0.140. The maximum Gasteiger partial charge on any atom is 0.437 e. The lowest BCUT2D eigenvalue weighted by Gasteiger charge is -2.11. The zero-order chi connectivity index (χ0) is 25.3. The van der Waals surface area contributed by atoms with Gasteiger partial charge in [0.1, 0.15) is 0 Å². The van der Waals surface area contributed by atoms with Crippen LogP contribution in [0.25, 0.3) is 10.9 Å². The van der Waals surface area contributed by atoms with Crippen LogP contribution in [0.15, 0.2) is 54.7 Å². The maximum atomic E-state index is 13.8. The van der Waals surface area contributed by atoms with E-state index in [1.807, 2.05) is 6.07 Å². The molecule has 3 N–H and O–H groups in total. The third kappa shape index (κ3) is 4.67. The van der Waals surface area contributed by atoms with E-state index < -0.39 is 29.4 Å². The highest BCUT2D eigenvalue weighted by Gasteiger charge is 2.39. The summed E-state index contributed by atoms with van der Waals surface area (Å²) in [5.74, 6) is -1.69. The summed E-state index contributed by atoms with van der Waals surface area (Å²) in [5, 5.41) is 15.3. The third-order valence-electron chi connectivity index (χ3n) is 5.38. The predicted molar refractivity (Wildman–Crippen MR) is 120 cm³/mol. The summed E-state index contributed by atoms with van der Waals surface area (Å²) in [4.78, 5) is 29.0. The van der Waals surface area contributed by atoms with Crippen molar-refractivity contribution in [1.82, 2.24) is 14.8 Å². The normalized spacial score (nSPS) is 11.3. The number of primary amides is 1. The summed E-state index contributed by atoms with van der Waals surface area (Å²) >= 11 is 0. The lowest BCUT2D eigenvalue weighted by Crippen LogP contribution is -2.18. The second-order valence-electron chi connectivity index (χ2n) is 7.69. The molecule has 2 heterocycles. The van der Waals surface area contributed by atoms with Gasteiger partial charge >= 0.3 is 6.18 Å². The molecule has 0 unspecified atom stereocenters. The van der Waals surface area contributed by atoms with Crippen molar-refractivity contribution in [3.05, 3.63) is 88.4 Å². The smallest absolute Gasteiger partial charge is 0.366 e. The molecule has 2 aromatic carbocycles. The van der Waals surface area contributed by atoms with E-state index in [0.717, 1.165) is 4.68 Å². The minimum Gasteiger partial charge on any atom is -0.366 e. The number of nitriles is 1. The lowest BCUT2D eigenvalue weighted by atomic mass is 10.0. The van der Waals surface area contributed by atoms with Gasteiger partial charge in [0.25, 0.3) is 5.91 Å². The van der Waals surface area contributed by atoms with E-state index >= 15 is 0 Å². The Morgan fingerprint density at radius 3 is 2.51 bits per heavy atom. The zero-order valence-electron chi connectivity index (χ0n) is 18.2. The number of aromatic nitrogens is 3. The molecule has 0 bridgehead atoms. The molecule has 0 saturated heterocycles. The van der Waals surface area contributed by atoms with Gasteiger partial charge < -0.3 is 11.1 Å². The number of amides is 2. The molecule has 0 spiro atoms. The fourth-order valence-electron chi connectivity index (χ4n) is 3.60. The number of hydrogen-bond donors (Lipinski definition) is 2. The van der Waals surface area contributed by atoms with Gasteiger partial charge in [-0.25, -0.2) is 0 Å². The number of fused-ring (bicyclic) bond motifs is 1. The quantitative estimate of drug-likeness (QED) is 0.448. The first-order valence-corrected chi connectivity index (χ1v) is 10.2. The number of nitrogens with zero attached hydrogens (tertiary/aromatic N) is 4. The van der Waals surface area contributed by atoms with Gasteiger partial charge in [0.2, 0.25) is 5.91 Å². The minimum absolute atomic E-state index is 0.00868. The number of anilines is 1. The molecule has 35 heavy (non-hydrogen) atoms. The standard InChI is InChI=1S/C24H17F3N6O2/c1-13-20(21(24(25,26)27)32-33(13)12-15-6-4-14(11-28)5-7-15)31-23(35)18-9-16(22(29)34)10-19-17(18)3-2-8-30-19/h2-10H,12H2,1H3,(H2,29,34)(H,31,35). The topological polar surface area (TPSA) is 127 Å². The first-order chi connectivity index (χ1) is 16.6. The molecule has 2 amide bonds. The van der Waals surface area contributed by atoms with Gasteiger partial charge in [-0.2, -0.15) is 23.5 Å². The molecule has 0 aliphatic rings. The molecule has 0 aliphatic heterocycles. The highest BCUT2D eigenvalue weighted by molar-refractivity contribution is 6.14. The van der Waals surface area contributed by atoms with Gasteiger partial charge in [0.15, 0.2) is 5.69 Å². The summed E-state index contributed by atoms with van der Waals surface area (Å²) < 4.78 is 42.6.